The quantitative estimate of drug-likeness (QED) is 0.581. The first-order valence-electron chi connectivity index (χ1n) is 10.0. The van der Waals surface area contributed by atoms with E-state index in [-0.39, 0.29) is 17.6 Å². The summed E-state index contributed by atoms with van der Waals surface area (Å²) in [7, 11) is 0. The third-order valence-electron chi connectivity index (χ3n) is 6.88. The number of nitrogens with two attached hydrogens (primary N) is 1. The molecule has 2 atom stereocenters. The van der Waals surface area contributed by atoms with Gasteiger partial charge in [-0.05, 0) is 37.5 Å². The van der Waals surface area contributed by atoms with Gasteiger partial charge in [-0.25, -0.2) is 8.78 Å². The molecule has 1 unspecified atom stereocenters. The van der Waals surface area contributed by atoms with Crippen LogP contribution in [0.2, 0.25) is 0 Å². The Balaban J connectivity index is 1.73. The number of carbonyl (C=O) groups excluding carboxylic acids is 4. The smallest absolute Gasteiger partial charge is 0.285 e. The standard InChI is InChI=1S/C20H28F2N2O4/c1-18(5-2-3-6-18)10-13(24-17(28)12-9-20(12,21)22)14(25)11-19(7-4-8-19)15(26)16(23)27/h12-13H,2-11H2,1H3,(H2,23,27)(H,24,28)/t12?,13-/m0/s1. The minimum atomic E-state index is -3.01. The molecule has 0 radical (unpaired) electrons. The monoisotopic (exact) mass is 398 g/mol. The molecule has 8 heteroatoms. The lowest BCUT2D eigenvalue weighted by atomic mass is 9.62. The zero-order valence-corrected chi connectivity index (χ0v) is 16.2. The molecule has 28 heavy (non-hydrogen) atoms. The Morgan fingerprint density at radius 2 is 1.64 bits per heavy atom. The van der Waals surface area contributed by atoms with Crippen molar-refractivity contribution in [2.75, 3.05) is 0 Å². The predicted octanol–water partition coefficient (Wildman–Crippen LogP) is 2.28. The van der Waals surface area contributed by atoms with Crippen molar-refractivity contribution in [3.8, 4) is 0 Å². The molecular weight excluding hydrogens is 370 g/mol. The number of ketones is 2. The Morgan fingerprint density at radius 3 is 2.07 bits per heavy atom. The average molecular weight is 398 g/mol. The summed E-state index contributed by atoms with van der Waals surface area (Å²) < 4.78 is 26.5. The van der Waals surface area contributed by atoms with Crippen molar-refractivity contribution in [3.63, 3.8) is 0 Å². The van der Waals surface area contributed by atoms with Crippen molar-refractivity contribution in [1.82, 2.24) is 5.32 Å². The SMILES string of the molecule is CC1(C[C@H](NC(=O)C2CC2(F)F)C(=O)CC2(C(=O)C(N)=O)CCC2)CCCC1. The van der Waals surface area contributed by atoms with Crippen molar-refractivity contribution in [3.05, 3.63) is 0 Å². The van der Waals surface area contributed by atoms with Gasteiger partial charge < -0.3 is 11.1 Å². The fourth-order valence-electron chi connectivity index (χ4n) is 4.75. The van der Waals surface area contributed by atoms with Crippen LogP contribution >= 0.6 is 0 Å². The van der Waals surface area contributed by atoms with E-state index in [1.807, 2.05) is 6.92 Å². The van der Waals surface area contributed by atoms with E-state index in [9.17, 15) is 28.0 Å². The van der Waals surface area contributed by atoms with Crippen LogP contribution in [0.3, 0.4) is 0 Å². The molecule has 3 aliphatic rings. The molecule has 0 aliphatic heterocycles. The number of hydrogen-bond donors (Lipinski definition) is 2. The summed E-state index contributed by atoms with van der Waals surface area (Å²) in [5, 5.41) is 2.53. The van der Waals surface area contributed by atoms with Crippen LogP contribution in [0.25, 0.3) is 0 Å². The lowest BCUT2D eigenvalue weighted by Gasteiger charge is -2.40. The highest BCUT2D eigenvalue weighted by molar-refractivity contribution is 6.38. The highest BCUT2D eigenvalue weighted by Crippen LogP contribution is 2.49. The van der Waals surface area contributed by atoms with Crippen LogP contribution in [-0.2, 0) is 19.2 Å². The summed E-state index contributed by atoms with van der Waals surface area (Å²) in [6.45, 7) is 2.03. The van der Waals surface area contributed by atoms with Gasteiger partial charge in [-0.1, -0.05) is 26.2 Å². The number of alkyl halides is 2. The van der Waals surface area contributed by atoms with Crippen molar-refractivity contribution < 1.29 is 28.0 Å². The second-order valence-corrected chi connectivity index (χ2v) is 9.27. The van der Waals surface area contributed by atoms with Crippen LogP contribution in [0.1, 0.15) is 71.1 Å². The lowest BCUT2D eigenvalue weighted by molar-refractivity contribution is -0.148. The van der Waals surface area contributed by atoms with Crippen LogP contribution in [0, 0.1) is 16.7 Å². The molecule has 0 aromatic carbocycles. The second kappa shape index (κ2) is 7.19. The number of nitrogens with one attached hydrogen (secondary N) is 1. The van der Waals surface area contributed by atoms with Gasteiger partial charge >= 0.3 is 0 Å². The Bertz CT molecular complexity index is 696. The Morgan fingerprint density at radius 1 is 1.07 bits per heavy atom. The zero-order valence-electron chi connectivity index (χ0n) is 16.2. The lowest BCUT2D eigenvalue weighted by Crippen LogP contribution is -2.51. The molecule has 0 spiro atoms. The fourth-order valence-corrected chi connectivity index (χ4v) is 4.75. The number of amides is 2. The highest BCUT2D eigenvalue weighted by Gasteiger charge is 2.61. The summed E-state index contributed by atoms with van der Waals surface area (Å²) >= 11 is 0. The van der Waals surface area contributed by atoms with Gasteiger partial charge in [0.15, 0.2) is 5.78 Å². The number of primary amides is 1. The maximum absolute atomic E-state index is 13.3. The first-order chi connectivity index (χ1) is 13.0. The zero-order chi connectivity index (χ0) is 20.7. The topological polar surface area (TPSA) is 106 Å². The first-order valence-corrected chi connectivity index (χ1v) is 10.0. The van der Waals surface area contributed by atoms with Crippen LogP contribution in [0.15, 0.2) is 0 Å². The van der Waals surface area contributed by atoms with Gasteiger partial charge in [0.25, 0.3) is 11.8 Å². The van der Waals surface area contributed by atoms with E-state index in [0.717, 1.165) is 32.1 Å². The van der Waals surface area contributed by atoms with Gasteiger partial charge in [0.2, 0.25) is 11.7 Å². The molecule has 3 saturated carbocycles. The van der Waals surface area contributed by atoms with Gasteiger partial charge in [0, 0.05) is 18.3 Å². The van der Waals surface area contributed by atoms with E-state index in [1.165, 1.54) is 0 Å². The van der Waals surface area contributed by atoms with E-state index in [1.54, 1.807) is 0 Å². The number of rotatable bonds is 9. The Kier molecular flexibility index (Phi) is 5.36. The van der Waals surface area contributed by atoms with Crippen LogP contribution < -0.4 is 11.1 Å². The maximum Gasteiger partial charge on any atom is 0.285 e. The molecule has 6 nitrogen and oxygen atoms in total. The molecule has 3 N–H and O–H groups in total. The third kappa shape index (κ3) is 4.10. The predicted molar refractivity (Wildman–Crippen MR) is 96.3 cm³/mol. The molecule has 0 aromatic rings. The minimum absolute atomic E-state index is 0.153. The van der Waals surface area contributed by atoms with Crippen molar-refractivity contribution in [2.45, 2.75) is 83.1 Å². The van der Waals surface area contributed by atoms with Crippen molar-refractivity contribution in [1.29, 1.82) is 0 Å². The molecule has 0 saturated heterocycles. The molecule has 3 fully saturated rings. The number of Topliss-reactive ketones (excluding diaryl/α,β-unsaturated/α-hetero) is 2. The molecule has 0 aromatic heterocycles. The molecular formula is C20H28F2N2O4. The Labute approximate surface area is 163 Å². The number of carbonyl (C=O) groups is 4. The summed E-state index contributed by atoms with van der Waals surface area (Å²) in [6, 6.07) is -0.926. The number of halogens is 2. The summed E-state index contributed by atoms with van der Waals surface area (Å²) in [4.78, 5) is 48.9. The largest absolute Gasteiger partial charge is 0.363 e. The minimum Gasteiger partial charge on any atom is -0.363 e. The van der Waals surface area contributed by atoms with Crippen molar-refractivity contribution >= 4 is 23.4 Å². The van der Waals surface area contributed by atoms with Crippen molar-refractivity contribution in [2.24, 2.45) is 22.5 Å². The number of hydrogen-bond acceptors (Lipinski definition) is 4. The van der Waals surface area contributed by atoms with Crippen LogP contribution in [0.4, 0.5) is 8.78 Å². The van der Waals surface area contributed by atoms with E-state index < -0.39 is 47.3 Å². The molecule has 156 valence electrons. The molecule has 0 bridgehead atoms. The Hall–Kier alpha value is -1.86. The van der Waals surface area contributed by atoms with E-state index in [4.69, 9.17) is 5.73 Å². The second-order valence-electron chi connectivity index (χ2n) is 9.27. The average Bonchev–Trinajstić information content (AvgIpc) is 3.00. The van der Waals surface area contributed by atoms with E-state index in [0.29, 0.717) is 19.3 Å². The van der Waals surface area contributed by atoms with E-state index in [2.05, 4.69) is 5.32 Å². The molecule has 2 amide bonds. The summed E-state index contributed by atoms with van der Waals surface area (Å²) in [5.74, 6) is -7.39. The summed E-state index contributed by atoms with van der Waals surface area (Å²) in [5.41, 5.74) is 3.90. The van der Waals surface area contributed by atoms with Gasteiger partial charge in [0.1, 0.15) is 5.92 Å². The molecule has 3 aliphatic carbocycles. The normalized spacial score (nSPS) is 27.3. The van der Waals surface area contributed by atoms with Crippen LogP contribution in [-0.4, -0.2) is 35.3 Å². The van der Waals surface area contributed by atoms with Gasteiger partial charge in [-0.2, -0.15) is 0 Å². The van der Waals surface area contributed by atoms with Gasteiger partial charge in [0.05, 0.1) is 6.04 Å². The van der Waals surface area contributed by atoms with Gasteiger partial charge in [-0.15, -0.1) is 0 Å². The maximum atomic E-state index is 13.3. The molecule has 3 rings (SSSR count). The van der Waals surface area contributed by atoms with Gasteiger partial charge in [-0.3, -0.25) is 19.2 Å². The first kappa shape index (κ1) is 20.9. The highest BCUT2D eigenvalue weighted by atomic mass is 19.3. The molecule has 0 heterocycles. The third-order valence-corrected chi connectivity index (χ3v) is 6.88. The fraction of sp³-hybridized carbons (Fsp3) is 0.800. The summed E-state index contributed by atoms with van der Waals surface area (Å²) in [6.07, 6.45) is 5.05. The van der Waals surface area contributed by atoms with E-state index >= 15 is 0 Å². The van der Waals surface area contributed by atoms with Crippen LogP contribution in [0.5, 0.6) is 0 Å².